The molecule has 0 radical (unpaired) electrons. The Balaban J connectivity index is 1.40. The van der Waals surface area contributed by atoms with Crippen LogP contribution in [0.25, 0.3) is 0 Å². The number of carbonyl (C=O) groups excluding carboxylic acids is 3. The van der Waals surface area contributed by atoms with E-state index in [0.29, 0.717) is 45.2 Å². The summed E-state index contributed by atoms with van der Waals surface area (Å²) in [6.07, 6.45) is 2.69. The highest BCUT2D eigenvalue weighted by Crippen LogP contribution is 2.26. The van der Waals surface area contributed by atoms with Gasteiger partial charge in [-0.15, -0.1) is 0 Å². The van der Waals surface area contributed by atoms with Gasteiger partial charge in [0, 0.05) is 19.1 Å². The van der Waals surface area contributed by atoms with Gasteiger partial charge >= 0.3 is 5.97 Å². The number of amides is 3. The van der Waals surface area contributed by atoms with Gasteiger partial charge in [0.2, 0.25) is 17.7 Å². The monoisotopic (exact) mass is 536 g/mol. The van der Waals surface area contributed by atoms with Gasteiger partial charge in [-0.3, -0.25) is 19.2 Å². The minimum absolute atomic E-state index is 0.127. The summed E-state index contributed by atoms with van der Waals surface area (Å²) in [7, 11) is 0. The number of phenolic OH excluding ortho intramolecular Hbond substituents is 1. The van der Waals surface area contributed by atoms with Gasteiger partial charge in [-0.1, -0.05) is 42.5 Å². The van der Waals surface area contributed by atoms with Crippen molar-refractivity contribution in [1.82, 2.24) is 15.1 Å². The zero-order valence-electron chi connectivity index (χ0n) is 21.9. The minimum Gasteiger partial charge on any atom is -0.508 e. The van der Waals surface area contributed by atoms with Crippen LogP contribution in [0.2, 0.25) is 0 Å². The molecule has 2 saturated heterocycles. The summed E-state index contributed by atoms with van der Waals surface area (Å²) >= 11 is 0. The summed E-state index contributed by atoms with van der Waals surface area (Å²) in [5.74, 6) is -1.85. The molecule has 2 fully saturated rings. The van der Waals surface area contributed by atoms with E-state index in [1.54, 1.807) is 12.1 Å². The lowest BCUT2D eigenvalue weighted by Gasteiger charge is -2.32. The number of likely N-dealkylation sites (tertiary alicyclic amines) is 2. The second-order valence-electron chi connectivity index (χ2n) is 10.3. The normalized spacial score (nSPS) is 20.4. The van der Waals surface area contributed by atoms with Crippen LogP contribution in [-0.2, 0) is 32.0 Å². The summed E-state index contributed by atoms with van der Waals surface area (Å²) in [4.78, 5) is 54.7. The summed E-state index contributed by atoms with van der Waals surface area (Å²) in [6.45, 7) is 0.818. The van der Waals surface area contributed by atoms with Crippen LogP contribution in [-0.4, -0.2) is 81.0 Å². The molecule has 3 amide bonds. The van der Waals surface area contributed by atoms with Crippen molar-refractivity contribution in [2.24, 2.45) is 5.73 Å². The Morgan fingerprint density at radius 1 is 0.872 bits per heavy atom. The molecule has 10 nitrogen and oxygen atoms in total. The van der Waals surface area contributed by atoms with Crippen LogP contribution in [0.5, 0.6) is 5.75 Å². The van der Waals surface area contributed by atoms with Gasteiger partial charge in [0.1, 0.15) is 17.8 Å². The fraction of sp³-hybridized carbons (Fsp3) is 0.448. The molecule has 39 heavy (non-hydrogen) atoms. The molecule has 2 aromatic rings. The van der Waals surface area contributed by atoms with Crippen LogP contribution < -0.4 is 11.1 Å². The van der Waals surface area contributed by atoms with Crippen LogP contribution in [0.4, 0.5) is 0 Å². The zero-order valence-corrected chi connectivity index (χ0v) is 21.9. The lowest BCUT2D eigenvalue weighted by Crippen LogP contribution is -2.56. The number of nitrogens with two attached hydrogens (primary N) is 1. The van der Waals surface area contributed by atoms with Crippen molar-refractivity contribution in [3.05, 3.63) is 65.7 Å². The van der Waals surface area contributed by atoms with E-state index in [-0.39, 0.29) is 36.3 Å². The van der Waals surface area contributed by atoms with Crippen molar-refractivity contribution in [3.63, 3.8) is 0 Å². The van der Waals surface area contributed by atoms with Crippen LogP contribution >= 0.6 is 0 Å². The highest BCUT2D eigenvalue weighted by molar-refractivity contribution is 5.94. The lowest BCUT2D eigenvalue weighted by atomic mass is 10.0. The molecule has 2 aromatic carbocycles. The Bertz CT molecular complexity index is 1170. The average Bonchev–Trinajstić information content (AvgIpc) is 3.60. The fourth-order valence-electron chi connectivity index (χ4n) is 5.55. The number of hydrogen-bond acceptors (Lipinski definition) is 6. The number of carboxylic acids is 1. The van der Waals surface area contributed by atoms with Gasteiger partial charge in [-0.25, -0.2) is 0 Å². The number of nitrogens with zero attached hydrogens (tertiary/aromatic N) is 2. The van der Waals surface area contributed by atoms with E-state index in [9.17, 15) is 29.4 Å². The standard InChI is InChI=1S/C29H36N4O6/c30-23(17-20-10-12-22(34)13-11-20)28(38)33-15-5-9-25(33)29(39)32-14-4-8-24(32)27(37)31-21(18-26(35)36)16-19-6-2-1-3-7-19/h1-3,6-7,10-13,21,23-25,34H,4-5,8-9,14-18,30H2,(H,31,37)(H,35,36)/t21-,23-,24-,25-/m0/s1. The molecule has 2 heterocycles. The molecular weight excluding hydrogens is 500 g/mol. The first-order valence-corrected chi connectivity index (χ1v) is 13.4. The van der Waals surface area contributed by atoms with Crippen molar-refractivity contribution < 1.29 is 29.4 Å². The molecule has 10 heteroatoms. The number of benzene rings is 2. The number of carbonyl (C=O) groups is 4. The number of aliphatic carboxylic acids is 1. The maximum Gasteiger partial charge on any atom is 0.305 e. The highest BCUT2D eigenvalue weighted by Gasteiger charge is 2.43. The SMILES string of the molecule is N[C@@H](Cc1ccc(O)cc1)C(=O)N1CCC[C@H]1C(=O)N1CCC[C@H]1C(=O)N[C@H](CC(=O)O)Cc1ccccc1. The van der Waals surface area contributed by atoms with E-state index in [1.807, 2.05) is 30.3 Å². The molecule has 0 aliphatic carbocycles. The van der Waals surface area contributed by atoms with Crippen LogP contribution in [0.1, 0.15) is 43.2 Å². The predicted molar refractivity (Wildman–Crippen MR) is 144 cm³/mol. The molecule has 5 N–H and O–H groups in total. The Morgan fingerprint density at radius 2 is 1.49 bits per heavy atom. The molecule has 0 spiro atoms. The van der Waals surface area contributed by atoms with E-state index in [0.717, 1.165) is 11.1 Å². The number of aromatic hydroxyl groups is 1. The first-order chi connectivity index (χ1) is 18.7. The Kier molecular flexibility index (Phi) is 9.19. The van der Waals surface area contributed by atoms with Gasteiger partial charge < -0.3 is 31.1 Å². The largest absolute Gasteiger partial charge is 0.508 e. The highest BCUT2D eigenvalue weighted by atomic mass is 16.4. The Hall–Kier alpha value is -3.92. The van der Waals surface area contributed by atoms with Crippen molar-refractivity contribution in [1.29, 1.82) is 0 Å². The van der Waals surface area contributed by atoms with Crippen molar-refractivity contribution in [2.45, 2.75) is 69.1 Å². The summed E-state index contributed by atoms with van der Waals surface area (Å²) in [6, 6.07) is 13.0. The van der Waals surface area contributed by atoms with Gasteiger partial charge in [-0.05, 0) is 61.8 Å². The molecule has 0 saturated carbocycles. The molecule has 0 aromatic heterocycles. The van der Waals surface area contributed by atoms with Gasteiger partial charge in [0.15, 0.2) is 0 Å². The van der Waals surface area contributed by atoms with Crippen LogP contribution in [0, 0.1) is 0 Å². The van der Waals surface area contributed by atoms with Gasteiger partial charge in [-0.2, -0.15) is 0 Å². The van der Waals surface area contributed by atoms with E-state index >= 15 is 0 Å². The quantitative estimate of drug-likeness (QED) is 0.358. The molecule has 4 atom stereocenters. The first kappa shape index (κ1) is 28.1. The van der Waals surface area contributed by atoms with Crippen LogP contribution in [0.15, 0.2) is 54.6 Å². The molecule has 4 rings (SSSR count). The van der Waals surface area contributed by atoms with E-state index in [1.165, 1.54) is 21.9 Å². The summed E-state index contributed by atoms with van der Waals surface area (Å²) < 4.78 is 0. The topological polar surface area (TPSA) is 153 Å². The molecule has 0 unspecified atom stereocenters. The maximum atomic E-state index is 13.6. The Morgan fingerprint density at radius 3 is 2.15 bits per heavy atom. The van der Waals surface area contributed by atoms with E-state index in [2.05, 4.69) is 5.32 Å². The third kappa shape index (κ3) is 7.14. The van der Waals surface area contributed by atoms with Crippen molar-refractivity contribution in [3.8, 4) is 5.75 Å². The van der Waals surface area contributed by atoms with Crippen molar-refractivity contribution in [2.75, 3.05) is 13.1 Å². The van der Waals surface area contributed by atoms with Crippen molar-refractivity contribution >= 4 is 23.7 Å². The number of rotatable bonds is 10. The smallest absolute Gasteiger partial charge is 0.305 e. The third-order valence-corrected chi connectivity index (χ3v) is 7.46. The fourth-order valence-corrected chi connectivity index (χ4v) is 5.55. The molecule has 0 bridgehead atoms. The molecule has 208 valence electrons. The third-order valence-electron chi connectivity index (χ3n) is 7.46. The maximum absolute atomic E-state index is 13.6. The zero-order chi connectivity index (χ0) is 27.9. The molecule has 2 aliphatic heterocycles. The lowest BCUT2D eigenvalue weighted by molar-refractivity contribution is -0.147. The van der Waals surface area contributed by atoms with E-state index < -0.39 is 30.1 Å². The molecule has 2 aliphatic rings. The van der Waals surface area contributed by atoms with Gasteiger partial charge in [0.25, 0.3) is 0 Å². The second kappa shape index (κ2) is 12.8. The first-order valence-electron chi connectivity index (χ1n) is 13.4. The summed E-state index contributed by atoms with van der Waals surface area (Å²) in [5, 5.41) is 21.7. The Labute approximate surface area is 227 Å². The predicted octanol–water partition coefficient (Wildman–Crippen LogP) is 1.45. The van der Waals surface area contributed by atoms with Gasteiger partial charge in [0.05, 0.1) is 12.5 Å². The summed E-state index contributed by atoms with van der Waals surface area (Å²) in [5.41, 5.74) is 7.94. The second-order valence-corrected chi connectivity index (χ2v) is 10.3. The van der Waals surface area contributed by atoms with E-state index in [4.69, 9.17) is 5.73 Å². The average molecular weight is 537 g/mol. The minimum atomic E-state index is -1.01. The number of nitrogens with one attached hydrogen (secondary N) is 1. The van der Waals surface area contributed by atoms with Crippen LogP contribution in [0.3, 0.4) is 0 Å². The number of hydrogen-bond donors (Lipinski definition) is 4. The molecular formula is C29H36N4O6. The number of phenols is 1. The number of carboxylic acid groups (broad SMARTS) is 1.